The van der Waals surface area contributed by atoms with Gasteiger partial charge in [0.15, 0.2) is 0 Å². The number of nitrogens with zero attached hydrogens (tertiary/aromatic N) is 1. The summed E-state index contributed by atoms with van der Waals surface area (Å²) >= 11 is 0. The van der Waals surface area contributed by atoms with Gasteiger partial charge in [-0.15, -0.1) is 0 Å². The van der Waals surface area contributed by atoms with Crippen molar-refractivity contribution in [1.82, 2.24) is 4.90 Å². The Bertz CT molecular complexity index is 121. The van der Waals surface area contributed by atoms with Crippen molar-refractivity contribution in [2.75, 3.05) is 7.05 Å². The summed E-state index contributed by atoms with van der Waals surface area (Å²) in [5.41, 5.74) is 0. The molecule has 0 aliphatic carbocycles. The summed E-state index contributed by atoms with van der Waals surface area (Å²) in [6, 6.07) is 1.63. The fourth-order valence-corrected chi connectivity index (χ4v) is 2.16. The smallest absolute Gasteiger partial charge is 0.0118 e. The second kappa shape index (κ2) is 10.5. The minimum Gasteiger partial charge on any atom is -0.300 e. The maximum atomic E-state index is 2.55. The lowest BCUT2D eigenvalue weighted by atomic mass is 9.90. The largest absolute Gasteiger partial charge is 0.300 e. The molecule has 0 amide bonds. The maximum absolute atomic E-state index is 2.55. The van der Waals surface area contributed by atoms with Crippen molar-refractivity contribution < 1.29 is 0 Å². The van der Waals surface area contributed by atoms with Gasteiger partial charge in [-0.05, 0) is 32.7 Å². The molecule has 0 N–H and O–H groups in total. The average molecular weight is 215 g/mol. The number of rotatable bonds is 1. The molecule has 1 saturated heterocycles. The molecule has 0 spiro atoms. The molecule has 1 aliphatic rings. The van der Waals surface area contributed by atoms with Crippen LogP contribution in [0.2, 0.25) is 0 Å². The first kappa shape index (κ1) is 17.4. The molecule has 0 aromatic carbocycles. The van der Waals surface area contributed by atoms with Crippen molar-refractivity contribution in [3.63, 3.8) is 0 Å². The normalized spacial score (nSPS) is 26.2. The standard InChI is InChI=1S/C10H21N.2C2H6/c1-8(2)10-7-5-6-9(3)11(10)4;2*1-2/h8-10H,5-7H2,1-4H3;2*1-2H3. The molecule has 0 aromatic heterocycles. The van der Waals surface area contributed by atoms with E-state index in [0.717, 1.165) is 18.0 Å². The Hall–Kier alpha value is -0.0400. The van der Waals surface area contributed by atoms with Crippen molar-refractivity contribution in [3.8, 4) is 0 Å². The van der Waals surface area contributed by atoms with Crippen molar-refractivity contribution in [2.24, 2.45) is 5.92 Å². The van der Waals surface area contributed by atoms with Crippen LogP contribution in [-0.2, 0) is 0 Å². The Kier molecular flexibility index (Phi) is 12.1. The summed E-state index contributed by atoms with van der Waals surface area (Å²) in [5, 5.41) is 0. The van der Waals surface area contributed by atoms with E-state index < -0.39 is 0 Å². The van der Waals surface area contributed by atoms with E-state index in [-0.39, 0.29) is 0 Å². The lowest BCUT2D eigenvalue weighted by Crippen LogP contribution is -2.44. The van der Waals surface area contributed by atoms with Gasteiger partial charge in [-0.25, -0.2) is 0 Å². The zero-order chi connectivity index (χ0) is 12.4. The molecule has 1 heteroatoms. The quantitative estimate of drug-likeness (QED) is 0.619. The number of piperidine rings is 1. The number of hydrogen-bond donors (Lipinski definition) is 0. The molecule has 1 rings (SSSR count). The first-order chi connectivity index (χ1) is 7.13. The molecule has 94 valence electrons. The van der Waals surface area contributed by atoms with E-state index in [1.54, 1.807) is 0 Å². The molecule has 0 bridgehead atoms. The predicted octanol–water partition coefficient (Wildman–Crippen LogP) is 4.57. The number of likely N-dealkylation sites (tertiary alicyclic amines) is 1. The highest BCUT2D eigenvalue weighted by molar-refractivity contribution is 4.81. The van der Waals surface area contributed by atoms with Crippen molar-refractivity contribution in [1.29, 1.82) is 0 Å². The van der Waals surface area contributed by atoms with E-state index in [2.05, 4.69) is 32.7 Å². The minimum absolute atomic E-state index is 0.802. The van der Waals surface area contributed by atoms with Gasteiger partial charge in [-0.3, -0.25) is 0 Å². The van der Waals surface area contributed by atoms with E-state index >= 15 is 0 Å². The second-order valence-corrected chi connectivity index (χ2v) is 4.26. The van der Waals surface area contributed by atoms with Crippen molar-refractivity contribution in [3.05, 3.63) is 0 Å². The predicted molar refractivity (Wildman–Crippen MR) is 72.4 cm³/mol. The van der Waals surface area contributed by atoms with Crippen LogP contribution < -0.4 is 0 Å². The molecule has 1 aliphatic heterocycles. The minimum atomic E-state index is 0.802. The van der Waals surface area contributed by atoms with Gasteiger partial charge in [0.1, 0.15) is 0 Å². The monoisotopic (exact) mass is 215 g/mol. The van der Waals surface area contributed by atoms with E-state index in [1.807, 2.05) is 27.7 Å². The van der Waals surface area contributed by atoms with E-state index in [9.17, 15) is 0 Å². The Morgan fingerprint density at radius 2 is 1.47 bits per heavy atom. The third-order valence-electron chi connectivity index (χ3n) is 3.11. The van der Waals surface area contributed by atoms with Crippen LogP contribution in [0.5, 0.6) is 0 Å². The molecular weight excluding hydrogens is 182 g/mol. The zero-order valence-electron chi connectivity index (χ0n) is 12.3. The summed E-state index contributed by atoms with van der Waals surface area (Å²) in [4.78, 5) is 2.55. The van der Waals surface area contributed by atoms with Gasteiger partial charge in [0.2, 0.25) is 0 Å². The van der Waals surface area contributed by atoms with E-state index in [4.69, 9.17) is 0 Å². The van der Waals surface area contributed by atoms with Crippen LogP contribution in [0.3, 0.4) is 0 Å². The first-order valence-electron chi connectivity index (χ1n) is 6.85. The van der Waals surface area contributed by atoms with Crippen LogP contribution in [0.25, 0.3) is 0 Å². The highest BCUT2D eigenvalue weighted by Gasteiger charge is 2.26. The summed E-state index contributed by atoms with van der Waals surface area (Å²) in [6.07, 6.45) is 4.21. The van der Waals surface area contributed by atoms with Gasteiger partial charge in [0.25, 0.3) is 0 Å². The van der Waals surface area contributed by atoms with E-state index in [1.165, 1.54) is 19.3 Å². The van der Waals surface area contributed by atoms with Crippen LogP contribution >= 0.6 is 0 Å². The summed E-state index contributed by atoms with van der Waals surface area (Å²) < 4.78 is 0. The van der Waals surface area contributed by atoms with Crippen LogP contribution in [0, 0.1) is 5.92 Å². The number of hydrogen-bond acceptors (Lipinski definition) is 1. The van der Waals surface area contributed by atoms with Crippen molar-refractivity contribution in [2.45, 2.75) is 79.8 Å². The first-order valence-corrected chi connectivity index (χ1v) is 6.85. The molecule has 1 heterocycles. The Morgan fingerprint density at radius 3 is 1.80 bits per heavy atom. The Labute approximate surface area is 98.2 Å². The molecule has 1 nitrogen and oxygen atoms in total. The highest BCUT2D eigenvalue weighted by atomic mass is 15.2. The summed E-state index contributed by atoms with van der Waals surface area (Å²) in [7, 11) is 2.27. The van der Waals surface area contributed by atoms with Gasteiger partial charge in [0.05, 0.1) is 0 Å². The Balaban J connectivity index is 0. The summed E-state index contributed by atoms with van der Waals surface area (Å²) in [6.45, 7) is 15.0. The van der Waals surface area contributed by atoms with E-state index in [0.29, 0.717) is 0 Å². The Morgan fingerprint density at radius 1 is 1.00 bits per heavy atom. The van der Waals surface area contributed by atoms with Gasteiger partial charge in [-0.2, -0.15) is 0 Å². The van der Waals surface area contributed by atoms with Gasteiger partial charge < -0.3 is 4.90 Å². The molecule has 2 unspecified atom stereocenters. The maximum Gasteiger partial charge on any atom is 0.0118 e. The molecule has 0 saturated carbocycles. The van der Waals surface area contributed by atoms with Gasteiger partial charge in [0, 0.05) is 12.1 Å². The van der Waals surface area contributed by atoms with Crippen LogP contribution in [0.15, 0.2) is 0 Å². The lowest BCUT2D eigenvalue weighted by Gasteiger charge is -2.40. The fraction of sp³-hybridized carbons (Fsp3) is 1.00. The zero-order valence-corrected chi connectivity index (χ0v) is 12.3. The van der Waals surface area contributed by atoms with Crippen molar-refractivity contribution >= 4 is 0 Å². The highest BCUT2D eigenvalue weighted by Crippen LogP contribution is 2.25. The molecule has 1 fully saturated rings. The van der Waals surface area contributed by atoms with Gasteiger partial charge in [-0.1, -0.05) is 48.0 Å². The van der Waals surface area contributed by atoms with Crippen LogP contribution in [0.1, 0.15) is 67.7 Å². The lowest BCUT2D eigenvalue weighted by molar-refractivity contribution is 0.0935. The van der Waals surface area contributed by atoms with Crippen LogP contribution in [-0.4, -0.2) is 24.0 Å². The third kappa shape index (κ3) is 6.19. The molecule has 0 radical (unpaired) electrons. The fourth-order valence-electron chi connectivity index (χ4n) is 2.16. The molecule has 2 atom stereocenters. The second-order valence-electron chi connectivity index (χ2n) is 4.26. The van der Waals surface area contributed by atoms with Gasteiger partial charge >= 0.3 is 0 Å². The SMILES string of the molecule is CC.CC.CC(C)C1CCCC(C)N1C. The molecular formula is C14H33N. The third-order valence-corrected chi connectivity index (χ3v) is 3.11. The summed E-state index contributed by atoms with van der Waals surface area (Å²) in [5.74, 6) is 0.822. The topological polar surface area (TPSA) is 3.24 Å². The van der Waals surface area contributed by atoms with Crippen LogP contribution in [0.4, 0.5) is 0 Å². The average Bonchev–Trinajstić information content (AvgIpc) is 2.27. The molecule has 15 heavy (non-hydrogen) atoms. The molecule has 0 aromatic rings.